The molecule has 0 saturated heterocycles. The van der Waals surface area contributed by atoms with Gasteiger partial charge in [-0.15, -0.1) is 0 Å². The second kappa shape index (κ2) is 16.8. The molecule has 0 heterocycles. The van der Waals surface area contributed by atoms with E-state index in [-0.39, 0.29) is 0 Å². The summed E-state index contributed by atoms with van der Waals surface area (Å²) in [6.45, 7) is 2.29. The van der Waals surface area contributed by atoms with E-state index in [1.54, 1.807) is 0 Å². The SMILES string of the molecule is CCCCCCCCCCCCCCCCC(Br)N(C)C. The van der Waals surface area contributed by atoms with Crippen LogP contribution in [0, 0.1) is 0 Å². The van der Waals surface area contributed by atoms with Crippen LogP contribution >= 0.6 is 15.9 Å². The number of hydrogen-bond donors (Lipinski definition) is 0. The van der Waals surface area contributed by atoms with Crippen LogP contribution in [0.5, 0.6) is 0 Å². The van der Waals surface area contributed by atoms with Crippen LogP contribution in [0.25, 0.3) is 0 Å². The average molecular weight is 362 g/mol. The van der Waals surface area contributed by atoms with Gasteiger partial charge < -0.3 is 0 Å². The van der Waals surface area contributed by atoms with Gasteiger partial charge >= 0.3 is 0 Å². The smallest absolute Gasteiger partial charge is 0.0650 e. The van der Waals surface area contributed by atoms with Crippen molar-refractivity contribution < 1.29 is 0 Å². The van der Waals surface area contributed by atoms with Crippen LogP contribution in [0.4, 0.5) is 0 Å². The standard InChI is InChI=1S/C19H40BrN/c1-4-5-6-7-8-9-10-11-12-13-14-15-16-17-18-19(20)21(2)3/h19H,4-18H2,1-3H3. The van der Waals surface area contributed by atoms with Gasteiger partial charge in [0.15, 0.2) is 0 Å². The van der Waals surface area contributed by atoms with E-state index in [1.165, 1.54) is 96.3 Å². The van der Waals surface area contributed by atoms with Crippen LogP contribution in [0.3, 0.4) is 0 Å². The maximum atomic E-state index is 3.71. The molecule has 0 aliphatic carbocycles. The van der Waals surface area contributed by atoms with Gasteiger partial charge in [-0.1, -0.05) is 113 Å². The van der Waals surface area contributed by atoms with Gasteiger partial charge in [-0.3, -0.25) is 4.90 Å². The van der Waals surface area contributed by atoms with Crippen LogP contribution in [-0.2, 0) is 0 Å². The maximum Gasteiger partial charge on any atom is 0.0650 e. The van der Waals surface area contributed by atoms with Crippen LogP contribution in [0.15, 0.2) is 0 Å². The molecule has 1 atom stereocenters. The Morgan fingerprint density at radius 3 is 1.29 bits per heavy atom. The number of rotatable bonds is 16. The molecule has 0 aliphatic rings. The lowest BCUT2D eigenvalue weighted by Crippen LogP contribution is -2.21. The summed E-state index contributed by atoms with van der Waals surface area (Å²) >= 11 is 3.71. The Labute approximate surface area is 143 Å². The number of nitrogens with zero attached hydrogens (tertiary/aromatic N) is 1. The lowest BCUT2D eigenvalue weighted by Gasteiger charge is -2.17. The monoisotopic (exact) mass is 361 g/mol. The summed E-state index contributed by atoms with van der Waals surface area (Å²) in [6, 6.07) is 0. The molecule has 0 aliphatic heterocycles. The number of alkyl halides is 1. The third kappa shape index (κ3) is 16.6. The van der Waals surface area contributed by atoms with E-state index < -0.39 is 0 Å². The van der Waals surface area contributed by atoms with Gasteiger partial charge in [-0.05, 0) is 20.5 Å². The van der Waals surface area contributed by atoms with Crippen molar-refractivity contribution in [3.8, 4) is 0 Å². The fourth-order valence-electron chi connectivity index (χ4n) is 2.77. The molecule has 1 unspecified atom stereocenters. The van der Waals surface area contributed by atoms with Crippen molar-refractivity contribution in [3.63, 3.8) is 0 Å². The summed E-state index contributed by atoms with van der Waals surface area (Å²) in [5.41, 5.74) is 0. The first kappa shape index (κ1) is 21.4. The predicted molar refractivity (Wildman–Crippen MR) is 101 cm³/mol. The summed E-state index contributed by atoms with van der Waals surface area (Å²) < 4.78 is 0. The average Bonchev–Trinajstić information content (AvgIpc) is 2.47. The van der Waals surface area contributed by atoms with Crippen molar-refractivity contribution in [2.24, 2.45) is 0 Å². The largest absolute Gasteiger partial charge is 0.297 e. The molecule has 0 rings (SSSR count). The van der Waals surface area contributed by atoms with Crippen LogP contribution in [0.1, 0.15) is 103 Å². The van der Waals surface area contributed by atoms with Gasteiger partial charge in [-0.25, -0.2) is 0 Å². The highest BCUT2D eigenvalue weighted by Crippen LogP contribution is 2.16. The molecule has 0 N–H and O–H groups in total. The minimum atomic E-state index is 0.565. The quantitative estimate of drug-likeness (QED) is 0.160. The molecule has 21 heavy (non-hydrogen) atoms. The predicted octanol–water partition coefficient (Wildman–Crippen LogP) is 7.14. The normalized spacial score (nSPS) is 13.0. The lowest BCUT2D eigenvalue weighted by atomic mass is 10.0. The van der Waals surface area contributed by atoms with Gasteiger partial charge in [-0.2, -0.15) is 0 Å². The number of unbranched alkanes of at least 4 members (excludes halogenated alkanes) is 13. The van der Waals surface area contributed by atoms with Crippen molar-refractivity contribution in [1.29, 1.82) is 0 Å². The van der Waals surface area contributed by atoms with Gasteiger partial charge in [0.05, 0.1) is 4.95 Å². The van der Waals surface area contributed by atoms with Crippen LogP contribution in [-0.4, -0.2) is 23.9 Å². The molecular formula is C19H40BrN. The molecule has 0 aromatic rings. The van der Waals surface area contributed by atoms with E-state index in [1.807, 2.05) is 0 Å². The molecule has 128 valence electrons. The highest BCUT2D eigenvalue weighted by Gasteiger charge is 2.04. The molecular weight excluding hydrogens is 322 g/mol. The van der Waals surface area contributed by atoms with Gasteiger partial charge in [0.25, 0.3) is 0 Å². The fourth-order valence-corrected chi connectivity index (χ4v) is 3.09. The molecule has 0 spiro atoms. The Bertz CT molecular complexity index is 194. The summed E-state index contributed by atoms with van der Waals surface area (Å²) in [4.78, 5) is 2.82. The molecule has 2 heteroatoms. The van der Waals surface area contributed by atoms with Crippen molar-refractivity contribution in [3.05, 3.63) is 0 Å². The van der Waals surface area contributed by atoms with Crippen molar-refractivity contribution in [2.45, 2.75) is 108 Å². The molecule has 0 amide bonds. The maximum absolute atomic E-state index is 3.71. The summed E-state index contributed by atoms with van der Waals surface area (Å²) in [5.74, 6) is 0. The summed E-state index contributed by atoms with van der Waals surface area (Å²) in [6.07, 6.45) is 21.5. The third-order valence-electron chi connectivity index (χ3n) is 4.36. The molecule has 1 nitrogen and oxygen atoms in total. The molecule has 0 fully saturated rings. The molecule has 0 radical (unpaired) electrons. The van der Waals surface area contributed by atoms with Crippen LogP contribution in [0.2, 0.25) is 0 Å². The minimum Gasteiger partial charge on any atom is -0.297 e. The van der Waals surface area contributed by atoms with E-state index in [2.05, 4.69) is 41.8 Å². The van der Waals surface area contributed by atoms with Crippen molar-refractivity contribution in [1.82, 2.24) is 4.90 Å². The van der Waals surface area contributed by atoms with Crippen molar-refractivity contribution >= 4 is 15.9 Å². The molecule has 0 aromatic carbocycles. The third-order valence-corrected chi connectivity index (χ3v) is 5.63. The second-order valence-corrected chi connectivity index (χ2v) is 7.84. The zero-order valence-corrected chi connectivity index (χ0v) is 16.6. The first-order valence-electron chi connectivity index (χ1n) is 9.49. The van der Waals surface area contributed by atoms with E-state index in [4.69, 9.17) is 0 Å². The second-order valence-electron chi connectivity index (χ2n) is 6.78. The number of hydrogen-bond acceptors (Lipinski definition) is 1. The highest BCUT2D eigenvalue weighted by molar-refractivity contribution is 9.09. The minimum absolute atomic E-state index is 0.565. The topological polar surface area (TPSA) is 3.24 Å². The van der Waals surface area contributed by atoms with E-state index >= 15 is 0 Å². The lowest BCUT2D eigenvalue weighted by molar-refractivity contribution is 0.363. The Kier molecular flexibility index (Phi) is 17.2. The fraction of sp³-hybridized carbons (Fsp3) is 1.00. The molecule has 0 aromatic heterocycles. The Morgan fingerprint density at radius 2 is 0.952 bits per heavy atom. The zero-order chi connectivity index (χ0) is 15.8. The summed E-state index contributed by atoms with van der Waals surface area (Å²) in [5, 5.41) is 0. The first-order valence-corrected chi connectivity index (χ1v) is 10.4. The van der Waals surface area contributed by atoms with Crippen LogP contribution < -0.4 is 0 Å². The van der Waals surface area contributed by atoms with E-state index in [9.17, 15) is 0 Å². The number of halogens is 1. The van der Waals surface area contributed by atoms with Gasteiger partial charge in [0.1, 0.15) is 0 Å². The summed E-state index contributed by atoms with van der Waals surface area (Å²) in [7, 11) is 4.28. The molecule has 0 saturated carbocycles. The Morgan fingerprint density at radius 1 is 0.619 bits per heavy atom. The zero-order valence-electron chi connectivity index (χ0n) is 15.0. The van der Waals surface area contributed by atoms with E-state index in [0.29, 0.717) is 4.95 Å². The Hall–Kier alpha value is 0.440. The van der Waals surface area contributed by atoms with Crippen molar-refractivity contribution in [2.75, 3.05) is 14.1 Å². The van der Waals surface area contributed by atoms with Gasteiger partial charge in [0.2, 0.25) is 0 Å². The van der Waals surface area contributed by atoms with E-state index in [0.717, 1.165) is 0 Å². The first-order chi connectivity index (χ1) is 10.2. The highest BCUT2D eigenvalue weighted by atomic mass is 79.9. The molecule has 0 bridgehead atoms. The Balaban J connectivity index is 3.03. The van der Waals surface area contributed by atoms with Gasteiger partial charge in [0, 0.05) is 0 Å².